The van der Waals surface area contributed by atoms with Crippen LogP contribution in [0.25, 0.3) is 0 Å². The van der Waals surface area contributed by atoms with Gasteiger partial charge in [-0.1, -0.05) is 0 Å². The number of carboxylic acids is 2. The number of hydrogen-bond acceptors (Lipinski definition) is 10. The fourth-order valence-corrected chi connectivity index (χ4v) is 3.64. The number of esters is 2. The Kier molecular flexibility index (Phi) is 8.29. The molecule has 0 fully saturated rings. The van der Waals surface area contributed by atoms with E-state index in [0.29, 0.717) is 24.3 Å². The Morgan fingerprint density at radius 2 is 0.914 bits per heavy atom. The van der Waals surface area contributed by atoms with Crippen LogP contribution in [0.5, 0.6) is 0 Å². The summed E-state index contributed by atoms with van der Waals surface area (Å²) in [5.74, 6) is -5.42. The van der Waals surface area contributed by atoms with Crippen molar-refractivity contribution in [2.24, 2.45) is 0 Å². The fourth-order valence-electron chi connectivity index (χ4n) is 2.53. The zero-order valence-corrected chi connectivity index (χ0v) is 18.9. The molecule has 16 heteroatoms. The summed E-state index contributed by atoms with van der Waals surface area (Å²) < 4.78 is 73.0. The molecule has 0 aromatic heterocycles. The van der Waals surface area contributed by atoms with Crippen molar-refractivity contribution in [1.82, 2.24) is 0 Å². The number of carbonyl (C=O) groups excluding carboxylic acids is 2. The van der Waals surface area contributed by atoms with E-state index in [2.05, 4.69) is 0 Å². The first-order chi connectivity index (χ1) is 16.1. The van der Waals surface area contributed by atoms with E-state index in [1.807, 2.05) is 0 Å². The number of hydrogen-bond donors (Lipinski definition) is 4. The minimum absolute atomic E-state index is 0.120. The molecule has 0 spiro atoms. The number of carbonyl (C=O) groups is 4. The van der Waals surface area contributed by atoms with Gasteiger partial charge in [0.15, 0.2) is 0 Å². The van der Waals surface area contributed by atoms with Crippen LogP contribution in [0.1, 0.15) is 47.9 Å². The van der Waals surface area contributed by atoms with Crippen molar-refractivity contribution < 1.29 is 64.8 Å². The van der Waals surface area contributed by atoms with Gasteiger partial charge in [-0.05, 0) is 36.4 Å². The van der Waals surface area contributed by atoms with Crippen molar-refractivity contribution >= 4 is 44.1 Å². The lowest BCUT2D eigenvalue weighted by atomic mass is 10.1. The van der Waals surface area contributed by atoms with Crippen LogP contribution in [0.4, 0.5) is 0 Å². The molecule has 14 nitrogen and oxygen atoms in total. The zero-order valence-electron chi connectivity index (χ0n) is 17.3. The van der Waals surface area contributed by atoms with Crippen molar-refractivity contribution in [1.29, 1.82) is 0 Å². The Hall–Kier alpha value is -3.86. The highest BCUT2D eigenvalue weighted by Gasteiger charge is 2.20. The summed E-state index contributed by atoms with van der Waals surface area (Å²) in [6.07, 6.45) is -0.120. The van der Waals surface area contributed by atoms with E-state index in [9.17, 15) is 36.0 Å². The second kappa shape index (κ2) is 10.6. The summed E-state index contributed by atoms with van der Waals surface area (Å²) in [6.45, 7) is -0.786. The molecule has 0 saturated heterocycles. The first-order valence-corrected chi connectivity index (χ1v) is 12.0. The number of rotatable bonds is 10. The van der Waals surface area contributed by atoms with Crippen LogP contribution in [0.3, 0.4) is 0 Å². The maximum atomic E-state index is 12.1. The van der Waals surface area contributed by atoms with Crippen molar-refractivity contribution in [2.45, 2.75) is 16.2 Å². The minimum atomic E-state index is -4.82. The topological polar surface area (TPSA) is 236 Å². The third kappa shape index (κ3) is 7.57. The quantitative estimate of drug-likeness (QED) is 0.190. The summed E-state index contributed by atoms with van der Waals surface area (Å²) in [6, 6.07) is 4.32. The Morgan fingerprint density at radius 3 is 1.20 bits per heavy atom. The molecule has 0 bridgehead atoms. The van der Waals surface area contributed by atoms with Crippen molar-refractivity contribution in [2.75, 3.05) is 13.2 Å². The molecule has 188 valence electrons. The predicted molar refractivity (Wildman–Crippen MR) is 112 cm³/mol. The van der Waals surface area contributed by atoms with Gasteiger partial charge in [0.05, 0.1) is 45.3 Å². The SMILES string of the molecule is O=C(O)c1cc(C(=O)OCCCOC(=O)c2cc(C(=O)O)cc(S(=O)(=O)O)c2)cc(S(=O)(=O)O)c1. The molecule has 0 saturated carbocycles. The molecule has 0 amide bonds. The summed E-state index contributed by atoms with van der Waals surface area (Å²) in [7, 11) is -9.64. The zero-order chi connectivity index (χ0) is 26.6. The molecular formula is C19H16O14S2. The van der Waals surface area contributed by atoms with Gasteiger partial charge >= 0.3 is 23.9 Å². The van der Waals surface area contributed by atoms with Crippen molar-refractivity contribution in [3.63, 3.8) is 0 Å². The average molecular weight is 532 g/mol. The molecule has 0 aliphatic carbocycles. The van der Waals surface area contributed by atoms with Gasteiger partial charge in [0.25, 0.3) is 20.2 Å². The third-order valence-electron chi connectivity index (χ3n) is 4.13. The number of benzene rings is 2. The largest absolute Gasteiger partial charge is 0.478 e. The van der Waals surface area contributed by atoms with Crippen LogP contribution < -0.4 is 0 Å². The average Bonchev–Trinajstić information content (AvgIpc) is 2.76. The third-order valence-corrected chi connectivity index (χ3v) is 5.79. The molecule has 0 aliphatic rings. The van der Waals surface area contributed by atoms with Gasteiger partial charge < -0.3 is 19.7 Å². The van der Waals surface area contributed by atoms with Gasteiger partial charge in [-0.15, -0.1) is 0 Å². The Bertz CT molecular complexity index is 1300. The van der Waals surface area contributed by atoms with Crippen LogP contribution in [0.15, 0.2) is 46.2 Å². The van der Waals surface area contributed by atoms with Crippen LogP contribution in [0.2, 0.25) is 0 Å². The van der Waals surface area contributed by atoms with Gasteiger partial charge in [-0.2, -0.15) is 16.8 Å². The lowest BCUT2D eigenvalue weighted by molar-refractivity contribution is 0.0395. The van der Waals surface area contributed by atoms with Gasteiger partial charge in [-0.25, -0.2) is 19.2 Å². The van der Waals surface area contributed by atoms with E-state index in [1.54, 1.807) is 0 Å². The first kappa shape index (κ1) is 27.4. The Balaban J connectivity index is 2.01. The lowest BCUT2D eigenvalue weighted by Gasteiger charge is -2.09. The lowest BCUT2D eigenvalue weighted by Crippen LogP contribution is -2.13. The molecule has 0 aliphatic heterocycles. The number of ether oxygens (including phenoxy) is 2. The molecular weight excluding hydrogens is 516 g/mol. The minimum Gasteiger partial charge on any atom is -0.478 e. The van der Waals surface area contributed by atoms with Gasteiger partial charge in [0.1, 0.15) is 0 Å². The maximum Gasteiger partial charge on any atom is 0.338 e. The first-order valence-electron chi connectivity index (χ1n) is 9.15. The number of aromatic carboxylic acids is 2. The van der Waals surface area contributed by atoms with Crippen molar-refractivity contribution in [3.05, 3.63) is 58.7 Å². The van der Waals surface area contributed by atoms with E-state index in [1.165, 1.54) is 0 Å². The van der Waals surface area contributed by atoms with E-state index in [-0.39, 0.29) is 6.42 Å². The van der Waals surface area contributed by atoms with E-state index in [0.717, 1.165) is 12.1 Å². The molecule has 2 rings (SSSR count). The van der Waals surface area contributed by atoms with E-state index >= 15 is 0 Å². The number of carboxylic acid groups (broad SMARTS) is 2. The molecule has 2 aromatic carbocycles. The molecule has 0 atom stereocenters. The molecule has 35 heavy (non-hydrogen) atoms. The second-order valence-corrected chi connectivity index (χ2v) is 9.52. The molecule has 4 N–H and O–H groups in total. The second-order valence-electron chi connectivity index (χ2n) is 6.68. The van der Waals surface area contributed by atoms with Crippen molar-refractivity contribution in [3.8, 4) is 0 Å². The van der Waals surface area contributed by atoms with Crippen LogP contribution in [-0.4, -0.2) is 73.2 Å². The van der Waals surface area contributed by atoms with E-state index in [4.69, 9.17) is 28.8 Å². The molecule has 0 unspecified atom stereocenters. The molecule has 2 aromatic rings. The van der Waals surface area contributed by atoms with Crippen LogP contribution in [0, 0.1) is 0 Å². The molecule has 0 heterocycles. The smallest absolute Gasteiger partial charge is 0.338 e. The highest BCUT2D eigenvalue weighted by Crippen LogP contribution is 2.18. The fraction of sp³-hybridized carbons (Fsp3) is 0.158. The van der Waals surface area contributed by atoms with Crippen LogP contribution >= 0.6 is 0 Å². The standard InChI is InChI=1S/C19H16O14S2/c20-16(21)10-4-12(8-14(6-10)34(26,27)28)18(24)32-2-1-3-33-19(25)13-5-11(17(22)23)7-15(9-13)35(29,30)31/h4-9H,1-3H2,(H,20,21)(H,22,23)(H,26,27,28)(H,29,30,31). The predicted octanol–water partition coefficient (Wildman–Crippen LogP) is 0.980. The Labute approximate surface area is 197 Å². The van der Waals surface area contributed by atoms with E-state index < -0.39 is 89.4 Å². The van der Waals surface area contributed by atoms with Gasteiger partial charge in [-0.3, -0.25) is 9.11 Å². The monoisotopic (exact) mass is 532 g/mol. The molecule has 0 radical (unpaired) electrons. The van der Waals surface area contributed by atoms with Gasteiger partial charge in [0.2, 0.25) is 0 Å². The van der Waals surface area contributed by atoms with Crippen LogP contribution in [-0.2, 0) is 29.7 Å². The summed E-state index contributed by atoms with van der Waals surface area (Å²) in [5, 5.41) is 18.1. The maximum absolute atomic E-state index is 12.1. The normalized spacial score (nSPS) is 11.5. The highest BCUT2D eigenvalue weighted by atomic mass is 32.2. The summed E-state index contributed by atoms with van der Waals surface area (Å²) >= 11 is 0. The summed E-state index contributed by atoms with van der Waals surface area (Å²) in [4.78, 5) is 44.8. The summed E-state index contributed by atoms with van der Waals surface area (Å²) in [5.41, 5.74) is -2.18. The Morgan fingerprint density at radius 1 is 0.600 bits per heavy atom. The highest BCUT2D eigenvalue weighted by molar-refractivity contribution is 7.86. The van der Waals surface area contributed by atoms with Gasteiger partial charge in [0, 0.05) is 6.42 Å².